The van der Waals surface area contributed by atoms with Crippen LogP contribution < -0.4 is 14.8 Å². The van der Waals surface area contributed by atoms with Crippen LogP contribution in [0.2, 0.25) is 0 Å². The van der Waals surface area contributed by atoms with Crippen LogP contribution in [0, 0.1) is 10.1 Å². The molecule has 0 aliphatic carbocycles. The van der Waals surface area contributed by atoms with E-state index in [4.69, 9.17) is 9.47 Å². The van der Waals surface area contributed by atoms with E-state index in [9.17, 15) is 10.1 Å². The Labute approximate surface area is 219 Å². The first kappa shape index (κ1) is 23.7. The van der Waals surface area contributed by atoms with Gasteiger partial charge in [0.1, 0.15) is 30.5 Å². The second-order valence-corrected chi connectivity index (χ2v) is 9.48. The molecular weight excluding hydrogens is 482 g/mol. The maximum absolute atomic E-state index is 11.1. The minimum absolute atomic E-state index is 0.0319. The molecule has 3 aromatic carbocycles. The Morgan fingerprint density at radius 1 is 1.16 bits per heavy atom. The summed E-state index contributed by atoms with van der Waals surface area (Å²) in [5, 5.41) is 18.8. The molecule has 3 heterocycles. The van der Waals surface area contributed by atoms with Crippen molar-refractivity contribution >= 4 is 16.6 Å². The zero-order valence-corrected chi connectivity index (χ0v) is 21.0. The summed E-state index contributed by atoms with van der Waals surface area (Å²) in [6.07, 6.45) is 3.67. The molecule has 3 N–H and O–H groups in total. The van der Waals surface area contributed by atoms with E-state index in [0.717, 1.165) is 46.7 Å². The van der Waals surface area contributed by atoms with Gasteiger partial charge < -0.3 is 19.8 Å². The van der Waals surface area contributed by atoms with Crippen molar-refractivity contribution in [2.45, 2.75) is 25.6 Å². The van der Waals surface area contributed by atoms with Gasteiger partial charge in [0, 0.05) is 28.5 Å². The molecule has 0 fully saturated rings. The van der Waals surface area contributed by atoms with Crippen LogP contribution in [-0.4, -0.2) is 33.3 Å². The van der Waals surface area contributed by atoms with Crippen LogP contribution in [0.3, 0.4) is 0 Å². The number of quaternary nitrogens is 1. The summed E-state index contributed by atoms with van der Waals surface area (Å²) in [7, 11) is 1.63. The standard InChI is InChI=1S/C29H27N5O4/c1-37-27-10-7-20(13-21(27)16-33-17-22(15-31-33)34(35)36)28-29-24(11-12-30-28)25-14-23(8-9-26(25)32-29)38-18-19-5-3-2-4-6-19/h2-10,13-15,17,28,30,32H,11-12,16,18H2,1H3/p+1/t28-/m0/s1. The number of nitrogens with one attached hydrogen (secondary N) is 1. The summed E-state index contributed by atoms with van der Waals surface area (Å²) >= 11 is 0. The molecular formula is C29H28N5O4+. The highest BCUT2D eigenvalue weighted by atomic mass is 16.6. The molecule has 5 aromatic rings. The first-order chi connectivity index (χ1) is 18.6. The number of benzene rings is 3. The van der Waals surface area contributed by atoms with E-state index >= 15 is 0 Å². The fourth-order valence-corrected chi connectivity index (χ4v) is 5.25. The first-order valence-corrected chi connectivity index (χ1v) is 12.6. The van der Waals surface area contributed by atoms with Crippen molar-refractivity contribution in [2.75, 3.05) is 13.7 Å². The van der Waals surface area contributed by atoms with Crippen molar-refractivity contribution in [3.63, 3.8) is 0 Å². The van der Waals surface area contributed by atoms with Crippen LogP contribution in [0.5, 0.6) is 11.5 Å². The number of hydrogen-bond acceptors (Lipinski definition) is 5. The van der Waals surface area contributed by atoms with Crippen LogP contribution in [-0.2, 0) is 19.6 Å². The quantitative estimate of drug-likeness (QED) is 0.241. The largest absolute Gasteiger partial charge is 0.496 e. The molecule has 1 atom stereocenters. The first-order valence-electron chi connectivity index (χ1n) is 12.6. The summed E-state index contributed by atoms with van der Waals surface area (Å²) in [6.45, 7) is 1.87. The van der Waals surface area contributed by atoms with Crippen molar-refractivity contribution in [2.24, 2.45) is 0 Å². The summed E-state index contributed by atoms with van der Waals surface area (Å²) in [4.78, 5) is 14.3. The van der Waals surface area contributed by atoms with Gasteiger partial charge in [0.25, 0.3) is 0 Å². The number of fused-ring (bicyclic) bond motifs is 3. The van der Waals surface area contributed by atoms with E-state index in [1.807, 2.05) is 30.3 Å². The third-order valence-electron chi connectivity index (χ3n) is 7.09. The van der Waals surface area contributed by atoms with Crippen molar-refractivity contribution in [3.05, 3.63) is 117 Å². The number of aromatic amines is 1. The number of rotatable bonds is 8. The number of ether oxygens (including phenoxy) is 2. The Morgan fingerprint density at radius 3 is 2.82 bits per heavy atom. The third kappa shape index (κ3) is 4.59. The van der Waals surface area contributed by atoms with Crippen LogP contribution in [0.1, 0.15) is 34.0 Å². The molecule has 0 radical (unpaired) electrons. The van der Waals surface area contributed by atoms with Gasteiger partial charge in [-0.05, 0) is 47.5 Å². The molecule has 0 unspecified atom stereocenters. The number of nitrogens with two attached hydrogens (primary N) is 1. The summed E-state index contributed by atoms with van der Waals surface area (Å²) < 4.78 is 13.3. The molecule has 1 aliphatic heterocycles. The monoisotopic (exact) mass is 510 g/mol. The average molecular weight is 511 g/mol. The lowest BCUT2D eigenvalue weighted by molar-refractivity contribution is -0.690. The molecule has 1 aliphatic rings. The molecule has 38 heavy (non-hydrogen) atoms. The molecule has 6 rings (SSSR count). The SMILES string of the molecule is COc1ccc([C@@H]2[NH2+]CCc3c2[nH]c2ccc(OCc4ccccc4)cc32)cc1Cn1cc([N+](=O)[O-])cn1. The zero-order valence-electron chi connectivity index (χ0n) is 21.0. The Hall–Kier alpha value is -4.63. The molecule has 0 amide bonds. The van der Waals surface area contributed by atoms with Gasteiger partial charge in [-0.3, -0.25) is 14.8 Å². The van der Waals surface area contributed by atoms with Gasteiger partial charge in [0.2, 0.25) is 0 Å². The van der Waals surface area contributed by atoms with Gasteiger partial charge in [-0.15, -0.1) is 0 Å². The lowest BCUT2D eigenvalue weighted by atomic mass is 9.93. The topological polar surface area (TPSA) is 112 Å². The van der Waals surface area contributed by atoms with Gasteiger partial charge in [-0.2, -0.15) is 5.10 Å². The minimum atomic E-state index is -0.441. The van der Waals surface area contributed by atoms with E-state index in [2.05, 4.69) is 51.8 Å². The van der Waals surface area contributed by atoms with Gasteiger partial charge in [-0.25, -0.2) is 0 Å². The predicted octanol–water partition coefficient (Wildman–Crippen LogP) is 4.12. The molecule has 0 bridgehead atoms. The fraction of sp³-hybridized carbons (Fsp3) is 0.207. The van der Waals surface area contributed by atoms with E-state index in [1.54, 1.807) is 11.8 Å². The van der Waals surface area contributed by atoms with E-state index in [1.165, 1.54) is 29.0 Å². The Kier molecular flexibility index (Phi) is 6.27. The second-order valence-electron chi connectivity index (χ2n) is 9.48. The molecule has 9 nitrogen and oxygen atoms in total. The van der Waals surface area contributed by atoms with Crippen LogP contribution in [0.4, 0.5) is 5.69 Å². The fourth-order valence-electron chi connectivity index (χ4n) is 5.25. The molecule has 9 heteroatoms. The van der Waals surface area contributed by atoms with E-state index in [-0.39, 0.29) is 11.7 Å². The van der Waals surface area contributed by atoms with Crippen molar-refractivity contribution in [1.29, 1.82) is 0 Å². The van der Waals surface area contributed by atoms with Gasteiger partial charge in [0.05, 0.1) is 30.8 Å². The summed E-state index contributed by atoms with van der Waals surface area (Å²) in [6, 6.07) is 22.7. The Bertz CT molecular complexity index is 1610. The molecule has 2 aromatic heterocycles. The molecule has 0 saturated heterocycles. The molecule has 192 valence electrons. The lowest BCUT2D eigenvalue weighted by Gasteiger charge is -2.22. The normalized spacial score (nSPS) is 14.8. The summed E-state index contributed by atoms with van der Waals surface area (Å²) in [5.41, 5.74) is 6.76. The van der Waals surface area contributed by atoms with Crippen LogP contribution in [0.15, 0.2) is 79.1 Å². The van der Waals surface area contributed by atoms with Crippen LogP contribution in [0.25, 0.3) is 10.9 Å². The predicted molar refractivity (Wildman–Crippen MR) is 142 cm³/mol. The van der Waals surface area contributed by atoms with E-state index in [0.29, 0.717) is 13.2 Å². The van der Waals surface area contributed by atoms with Crippen LogP contribution >= 0.6 is 0 Å². The highest BCUT2D eigenvalue weighted by molar-refractivity contribution is 5.86. The molecule has 0 spiro atoms. The van der Waals surface area contributed by atoms with Gasteiger partial charge in [0.15, 0.2) is 6.04 Å². The number of hydrogen-bond donors (Lipinski definition) is 2. The Morgan fingerprint density at radius 2 is 2.03 bits per heavy atom. The highest BCUT2D eigenvalue weighted by Crippen LogP contribution is 2.34. The maximum atomic E-state index is 11.1. The van der Waals surface area contributed by atoms with Gasteiger partial charge in [-0.1, -0.05) is 30.3 Å². The lowest BCUT2D eigenvalue weighted by Crippen LogP contribution is -2.87. The molecule has 0 saturated carbocycles. The minimum Gasteiger partial charge on any atom is -0.496 e. The smallest absolute Gasteiger partial charge is 0.307 e. The number of methoxy groups -OCH3 is 1. The number of H-pyrrole nitrogens is 1. The average Bonchev–Trinajstić information content (AvgIpc) is 3.57. The van der Waals surface area contributed by atoms with Crippen molar-refractivity contribution < 1.29 is 19.7 Å². The van der Waals surface area contributed by atoms with E-state index < -0.39 is 4.92 Å². The maximum Gasteiger partial charge on any atom is 0.307 e. The Balaban J connectivity index is 1.30. The number of nitro groups is 1. The second kappa shape index (κ2) is 10.0. The van der Waals surface area contributed by atoms with Crippen molar-refractivity contribution in [3.8, 4) is 11.5 Å². The number of nitrogens with zero attached hydrogens (tertiary/aromatic N) is 3. The summed E-state index contributed by atoms with van der Waals surface area (Å²) in [5.74, 6) is 1.58. The third-order valence-corrected chi connectivity index (χ3v) is 7.09. The highest BCUT2D eigenvalue weighted by Gasteiger charge is 2.29. The number of aromatic nitrogens is 3. The van der Waals surface area contributed by atoms with Gasteiger partial charge >= 0.3 is 5.69 Å². The van der Waals surface area contributed by atoms with Crippen molar-refractivity contribution in [1.82, 2.24) is 14.8 Å². The zero-order chi connectivity index (χ0) is 26.1.